The Bertz CT molecular complexity index is 477. The van der Waals surface area contributed by atoms with Gasteiger partial charge >= 0.3 is 0 Å². The van der Waals surface area contributed by atoms with Gasteiger partial charge in [0.05, 0.1) is 0 Å². The lowest BCUT2D eigenvalue weighted by Crippen LogP contribution is -2.24. The van der Waals surface area contributed by atoms with E-state index in [0.29, 0.717) is 17.9 Å². The molecule has 2 N–H and O–H groups in total. The summed E-state index contributed by atoms with van der Waals surface area (Å²) in [4.78, 5) is 15.8. The van der Waals surface area contributed by atoms with E-state index in [0.717, 1.165) is 24.3 Å². The lowest BCUT2D eigenvalue weighted by Gasteiger charge is -2.18. The highest BCUT2D eigenvalue weighted by atomic mass is 32.2. The Balaban J connectivity index is 1.73. The maximum absolute atomic E-state index is 4.62. The van der Waals surface area contributed by atoms with Crippen LogP contribution in [0.4, 0.5) is 17.8 Å². The number of anilines is 3. The average Bonchev–Trinajstić information content (AvgIpc) is 3.18. The first-order valence-corrected chi connectivity index (χ1v) is 9.05. The van der Waals surface area contributed by atoms with Gasteiger partial charge in [-0.2, -0.15) is 26.7 Å². The van der Waals surface area contributed by atoms with Gasteiger partial charge in [-0.25, -0.2) is 0 Å². The zero-order chi connectivity index (χ0) is 14.7. The van der Waals surface area contributed by atoms with Gasteiger partial charge in [0.2, 0.25) is 17.8 Å². The second kappa shape index (κ2) is 6.68. The Morgan fingerprint density at radius 3 is 2.52 bits per heavy atom. The van der Waals surface area contributed by atoms with E-state index in [1.165, 1.54) is 32.1 Å². The molecule has 6 nitrogen and oxygen atoms in total. The molecule has 0 radical (unpaired) electrons. The second-order valence-electron chi connectivity index (χ2n) is 5.74. The zero-order valence-corrected chi connectivity index (χ0v) is 13.6. The Hall–Kier alpha value is -1.24. The third kappa shape index (κ3) is 3.51. The van der Waals surface area contributed by atoms with Crippen molar-refractivity contribution in [1.82, 2.24) is 15.0 Å². The predicted octanol–water partition coefficient (Wildman–Crippen LogP) is 2.21. The Morgan fingerprint density at radius 1 is 1.10 bits per heavy atom. The van der Waals surface area contributed by atoms with Gasteiger partial charge in [0.25, 0.3) is 0 Å². The van der Waals surface area contributed by atoms with Crippen molar-refractivity contribution in [3.05, 3.63) is 0 Å². The highest BCUT2D eigenvalue weighted by Gasteiger charge is 2.25. The van der Waals surface area contributed by atoms with Crippen LogP contribution in [0, 0.1) is 0 Å². The molecule has 21 heavy (non-hydrogen) atoms. The fourth-order valence-electron chi connectivity index (χ4n) is 3.07. The summed E-state index contributed by atoms with van der Waals surface area (Å²) in [6.45, 7) is 2.09. The van der Waals surface area contributed by atoms with Crippen LogP contribution in [-0.2, 0) is 0 Å². The van der Waals surface area contributed by atoms with Crippen molar-refractivity contribution in [2.75, 3.05) is 41.9 Å². The molecule has 0 spiro atoms. The van der Waals surface area contributed by atoms with Crippen molar-refractivity contribution in [1.29, 1.82) is 0 Å². The van der Waals surface area contributed by atoms with Crippen LogP contribution in [0.5, 0.6) is 0 Å². The van der Waals surface area contributed by atoms with Crippen LogP contribution in [0.25, 0.3) is 0 Å². The van der Waals surface area contributed by atoms with Gasteiger partial charge in [-0.1, -0.05) is 0 Å². The number of nitrogens with one attached hydrogen (secondary N) is 2. The Labute approximate surface area is 130 Å². The lowest BCUT2D eigenvalue weighted by molar-refractivity contribution is 0.741. The minimum absolute atomic E-state index is 0.487. The van der Waals surface area contributed by atoms with E-state index in [1.54, 1.807) is 0 Å². The molecule has 1 aromatic rings. The summed E-state index contributed by atoms with van der Waals surface area (Å²) in [6, 6.07) is 0.487. The molecule has 1 aliphatic carbocycles. The molecule has 1 saturated carbocycles. The minimum Gasteiger partial charge on any atom is -0.357 e. The minimum atomic E-state index is 0.487. The molecule has 2 atom stereocenters. The van der Waals surface area contributed by atoms with Gasteiger partial charge in [-0.3, -0.25) is 0 Å². The molecule has 2 fully saturated rings. The molecule has 2 heterocycles. The maximum atomic E-state index is 4.62. The topological polar surface area (TPSA) is 66.0 Å². The lowest BCUT2D eigenvalue weighted by atomic mass is 10.2. The third-order valence-corrected chi connectivity index (χ3v) is 5.38. The van der Waals surface area contributed by atoms with Crippen LogP contribution < -0.4 is 15.5 Å². The SMILES string of the molecule is CNc1nc(NC2CCC(SC)C2)nc(N2CCCC2)n1. The summed E-state index contributed by atoms with van der Waals surface area (Å²) in [5, 5.41) is 7.31. The summed E-state index contributed by atoms with van der Waals surface area (Å²) in [5.74, 6) is 2.16. The van der Waals surface area contributed by atoms with E-state index in [2.05, 4.69) is 36.7 Å². The number of rotatable bonds is 5. The summed E-state index contributed by atoms with van der Waals surface area (Å²) in [7, 11) is 1.85. The van der Waals surface area contributed by atoms with E-state index < -0.39 is 0 Å². The smallest absolute Gasteiger partial charge is 0.231 e. The van der Waals surface area contributed by atoms with Crippen molar-refractivity contribution in [3.8, 4) is 0 Å². The molecule has 1 aromatic heterocycles. The summed E-state index contributed by atoms with van der Waals surface area (Å²) >= 11 is 1.96. The first-order chi connectivity index (χ1) is 10.3. The largest absolute Gasteiger partial charge is 0.357 e. The summed E-state index contributed by atoms with van der Waals surface area (Å²) < 4.78 is 0. The van der Waals surface area contributed by atoms with Gasteiger partial charge < -0.3 is 15.5 Å². The van der Waals surface area contributed by atoms with Crippen LogP contribution in [0.3, 0.4) is 0 Å². The van der Waals surface area contributed by atoms with Crippen LogP contribution in [0.2, 0.25) is 0 Å². The number of hydrogen-bond acceptors (Lipinski definition) is 7. The van der Waals surface area contributed by atoms with Gasteiger partial charge in [-0.15, -0.1) is 0 Å². The quantitative estimate of drug-likeness (QED) is 0.864. The van der Waals surface area contributed by atoms with Crippen LogP contribution >= 0.6 is 11.8 Å². The van der Waals surface area contributed by atoms with Crippen LogP contribution in [0.1, 0.15) is 32.1 Å². The van der Waals surface area contributed by atoms with Gasteiger partial charge in [-0.05, 0) is 38.4 Å². The molecule has 0 amide bonds. The van der Waals surface area contributed by atoms with Crippen molar-refractivity contribution >= 4 is 29.6 Å². The molecule has 0 aromatic carbocycles. The summed E-state index contributed by atoms with van der Waals surface area (Å²) in [5.41, 5.74) is 0. The van der Waals surface area contributed by atoms with Gasteiger partial charge in [0, 0.05) is 31.4 Å². The molecule has 2 unspecified atom stereocenters. The number of thioether (sulfide) groups is 1. The molecular formula is C14H24N6S. The highest BCUT2D eigenvalue weighted by Crippen LogP contribution is 2.30. The van der Waals surface area contributed by atoms with Crippen molar-refractivity contribution in [3.63, 3.8) is 0 Å². The van der Waals surface area contributed by atoms with E-state index in [1.807, 2.05) is 18.8 Å². The Kier molecular flexibility index (Phi) is 4.67. The first kappa shape index (κ1) is 14.7. The standard InChI is InChI=1S/C14H24N6S/c1-15-12-17-13(16-10-5-6-11(9-10)21-2)19-14(18-12)20-7-3-4-8-20/h10-11H,3-9H2,1-2H3,(H2,15,16,17,18,19). The third-order valence-electron chi connectivity index (χ3n) is 4.29. The van der Waals surface area contributed by atoms with Crippen molar-refractivity contribution < 1.29 is 0 Å². The molecule has 116 valence electrons. The second-order valence-corrected chi connectivity index (χ2v) is 6.88. The molecular weight excluding hydrogens is 284 g/mol. The van der Waals surface area contributed by atoms with Gasteiger partial charge in [0.15, 0.2) is 0 Å². The predicted molar refractivity (Wildman–Crippen MR) is 89.4 cm³/mol. The van der Waals surface area contributed by atoms with Crippen LogP contribution in [-0.4, -0.2) is 52.6 Å². The molecule has 2 aliphatic rings. The normalized spacial score (nSPS) is 25.3. The monoisotopic (exact) mass is 308 g/mol. The fraction of sp³-hybridized carbons (Fsp3) is 0.786. The van der Waals surface area contributed by atoms with Crippen LogP contribution in [0.15, 0.2) is 0 Å². The zero-order valence-electron chi connectivity index (χ0n) is 12.8. The van der Waals surface area contributed by atoms with E-state index in [9.17, 15) is 0 Å². The van der Waals surface area contributed by atoms with E-state index in [-0.39, 0.29) is 0 Å². The maximum Gasteiger partial charge on any atom is 0.231 e. The number of hydrogen-bond donors (Lipinski definition) is 2. The van der Waals surface area contributed by atoms with Crippen molar-refractivity contribution in [2.24, 2.45) is 0 Å². The molecule has 3 rings (SSSR count). The Morgan fingerprint density at radius 2 is 1.86 bits per heavy atom. The number of aromatic nitrogens is 3. The van der Waals surface area contributed by atoms with Gasteiger partial charge in [0.1, 0.15) is 0 Å². The van der Waals surface area contributed by atoms with E-state index in [4.69, 9.17) is 0 Å². The average molecular weight is 308 g/mol. The number of nitrogens with zero attached hydrogens (tertiary/aromatic N) is 4. The highest BCUT2D eigenvalue weighted by molar-refractivity contribution is 7.99. The molecule has 0 bridgehead atoms. The first-order valence-electron chi connectivity index (χ1n) is 7.76. The van der Waals surface area contributed by atoms with Crippen molar-refractivity contribution in [2.45, 2.75) is 43.4 Å². The molecule has 7 heteroatoms. The molecule has 1 aliphatic heterocycles. The summed E-state index contributed by atoms with van der Waals surface area (Å²) in [6.07, 6.45) is 8.32. The van der Waals surface area contributed by atoms with E-state index >= 15 is 0 Å². The molecule has 1 saturated heterocycles. The fourth-order valence-corrected chi connectivity index (χ4v) is 3.86.